The normalized spacial score (nSPS) is 19.5. The number of methoxy groups -OCH3 is 2. The fourth-order valence-corrected chi connectivity index (χ4v) is 3.24. The van der Waals surface area contributed by atoms with Gasteiger partial charge in [-0.1, -0.05) is 0 Å². The lowest BCUT2D eigenvalue weighted by Crippen LogP contribution is -2.63. The standard InChI is InChI=1S/C16H20N4O3/c1-22-12-5-10-11(6-13(12)23-2)18-15(19-14(10)17)20-7-16(21,8-20)9-3-4-9/h5-6,9,21H,3-4,7-8H2,1-2H3,(H2,17,18,19). The van der Waals surface area contributed by atoms with Crippen molar-refractivity contribution in [1.82, 2.24) is 9.97 Å². The Labute approximate surface area is 134 Å². The van der Waals surface area contributed by atoms with Gasteiger partial charge in [-0.05, 0) is 24.8 Å². The summed E-state index contributed by atoms with van der Waals surface area (Å²) in [7, 11) is 3.16. The summed E-state index contributed by atoms with van der Waals surface area (Å²) in [5.74, 6) is 2.57. The molecule has 1 aliphatic heterocycles. The Kier molecular flexibility index (Phi) is 3.02. The van der Waals surface area contributed by atoms with Crippen LogP contribution in [0.15, 0.2) is 12.1 Å². The van der Waals surface area contributed by atoms with E-state index in [1.165, 1.54) is 0 Å². The number of nitrogen functional groups attached to an aromatic ring is 1. The largest absolute Gasteiger partial charge is 0.493 e. The molecule has 0 unspecified atom stereocenters. The van der Waals surface area contributed by atoms with Gasteiger partial charge in [-0.3, -0.25) is 0 Å². The molecule has 0 spiro atoms. The van der Waals surface area contributed by atoms with Crippen LogP contribution < -0.4 is 20.1 Å². The van der Waals surface area contributed by atoms with E-state index >= 15 is 0 Å². The quantitative estimate of drug-likeness (QED) is 0.875. The summed E-state index contributed by atoms with van der Waals surface area (Å²) in [6.45, 7) is 1.13. The van der Waals surface area contributed by atoms with Gasteiger partial charge < -0.3 is 25.2 Å². The minimum atomic E-state index is -0.579. The second-order valence-electron chi connectivity index (χ2n) is 6.37. The lowest BCUT2D eigenvalue weighted by Gasteiger charge is -2.47. The maximum atomic E-state index is 10.4. The molecule has 0 bridgehead atoms. The van der Waals surface area contributed by atoms with Gasteiger partial charge in [0.2, 0.25) is 5.95 Å². The number of benzene rings is 1. The summed E-state index contributed by atoms with van der Waals surface area (Å²) < 4.78 is 10.6. The van der Waals surface area contributed by atoms with Gasteiger partial charge in [0.05, 0.1) is 32.8 Å². The number of hydrogen-bond acceptors (Lipinski definition) is 7. The molecule has 0 radical (unpaired) electrons. The topological polar surface area (TPSA) is 93.7 Å². The average molecular weight is 316 g/mol. The monoisotopic (exact) mass is 316 g/mol. The van der Waals surface area contributed by atoms with Gasteiger partial charge in [-0.15, -0.1) is 0 Å². The lowest BCUT2D eigenvalue weighted by molar-refractivity contribution is -0.0102. The molecular formula is C16H20N4O3. The summed E-state index contributed by atoms with van der Waals surface area (Å²) in [6.07, 6.45) is 2.23. The summed E-state index contributed by atoms with van der Waals surface area (Å²) in [5.41, 5.74) is 6.21. The summed E-state index contributed by atoms with van der Waals surface area (Å²) in [4.78, 5) is 10.9. The highest BCUT2D eigenvalue weighted by molar-refractivity contribution is 5.91. The number of anilines is 2. The van der Waals surface area contributed by atoms with Crippen molar-refractivity contribution in [3.63, 3.8) is 0 Å². The molecule has 1 aromatic carbocycles. The summed E-state index contributed by atoms with van der Waals surface area (Å²) in [5, 5.41) is 11.2. The van der Waals surface area contributed by atoms with Crippen LogP contribution >= 0.6 is 0 Å². The first kappa shape index (κ1) is 14.3. The van der Waals surface area contributed by atoms with E-state index in [1.807, 2.05) is 4.90 Å². The fourth-order valence-electron chi connectivity index (χ4n) is 3.24. The maximum Gasteiger partial charge on any atom is 0.228 e. The summed E-state index contributed by atoms with van der Waals surface area (Å²) >= 11 is 0. The Hall–Kier alpha value is -2.28. The van der Waals surface area contributed by atoms with Crippen molar-refractivity contribution < 1.29 is 14.6 Å². The van der Waals surface area contributed by atoms with Crippen LogP contribution in [-0.2, 0) is 0 Å². The highest BCUT2D eigenvalue weighted by Crippen LogP contribution is 2.45. The second-order valence-corrected chi connectivity index (χ2v) is 6.37. The third kappa shape index (κ3) is 2.23. The molecular weight excluding hydrogens is 296 g/mol. The van der Waals surface area contributed by atoms with E-state index in [0.29, 0.717) is 47.8 Å². The molecule has 1 saturated heterocycles. The summed E-state index contributed by atoms with van der Waals surface area (Å²) in [6, 6.07) is 3.58. The zero-order chi connectivity index (χ0) is 16.2. The molecule has 7 nitrogen and oxygen atoms in total. The van der Waals surface area contributed by atoms with Crippen molar-refractivity contribution >= 4 is 22.7 Å². The Morgan fingerprint density at radius 2 is 1.83 bits per heavy atom. The molecule has 2 fully saturated rings. The van der Waals surface area contributed by atoms with Gasteiger partial charge in [-0.25, -0.2) is 4.98 Å². The van der Waals surface area contributed by atoms with Crippen molar-refractivity contribution in [2.75, 3.05) is 37.9 Å². The Morgan fingerprint density at radius 1 is 1.17 bits per heavy atom. The molecule has 1 saturated carbocycles. The van der Waals surface area contributed by atoms with Crippen LogP contribution in [0.25, 0.3) is 10.9 Å². The van der Waals surface area contributed by atoms with Crippen molar-refractivity contribution in [1.29, 1.82) is 0 Å². The molecule has 0 amide bonds. The van der Waals surface area contributed by atoms with Gasteiger partial charge in [-0.2, -0.15) is 4.98 Å². The molecule has 4 rings (SSSR count). The highest BCUT2D eigenvalue weighted by Gasteiger charge is 2.52. The van der Waals surface area contributed by atoms with Crippen molar-refractivity contribution in [2.24, 2.45) is 5.92 Å². The van der Waals surface area contributed by atoms with Crippen LogP contribution in [0.2, 0.25) is 0 Å². The molecule has 122 valence electrons. The lowest BCUT2D eigenvalue weighted by atomic mass is 9.89. The minimum Gasteiger partial charge on any atom is -0.493 e. The van der Waals surface area contributed by atoms with Crippen LogP contribution in [0.3, 0.4) is 0 Å². The Bertz CT molecular complexity index is 769. The van der Waals surface area contributed by atoms with E-state index in [0.717, 1.165) is 18.2 Å². The zero-order valence-electron chi connectivity index (χ0n) is 13.2. The molecule has 2 heterocycles. The highest BCUT2D eigenvalue weighted by atomic mass is 16.5. The number of aromatic nitrogens is 2. The van der Waals surface area contributed by atoms with Crippen molar-refractivity contribution in [3.8, 4) is 11.5 Å². The van der Waals surface area contributed by atoms with E-state index in [1.54, 1.807) is 26.4 Å². The average Bonchev–Trinajstić information content (AvgIpc) is 3.35. The number of nitrogens with zero attached hydrogens (tertiary/aromatic N) is 3. The third-order valence-corrected chi connectivity index (χ3v) is 4.77. The first-order valence-electron chi connectivity index (χ1n) is 7.70. The SMILES string of the molecule is COc1cc2nc(N3CC(O)(C4CC4)C3)nc(N)c2cc1OC. The number of rotatable bonds is 4. The van der Waals surface area contributed by atoms with Crippen LogP contribution in [0.1, 0.15) is 12.8 Å². The zero-order valence-corrected chi connectivity index (χ0v) is 13.2. The van der Waals surface area contributed by atoms with Crippen molar-refractivity contribution in [3.05, 3.63) is 12.1 Å². The smallest absolute Gasteiger partial charge is 0.228 e. The molecule has 7 heteroatoms. The van der Waals surface area contributed by atoms with Gasteiger partial charge in [0.15, 0.2) is 11.5 Å². The fraction of sp³-hybridized carbons (Fsp3) is 0.500. The van der Waals surface area contributed by atoms with Crippen LogP contribution in [-0.4, -0.2) is 48.0 Å². The van der Waals surface area contributed by atoms with E-state index in [9.17, 15) is 5.11 Å². The van der Waals surface area contributed by atoms with Gasteiger partial charge in [0.25, 0.3) is 0 Å². The number of aliphatic hydroxyl groups is 1. The molecule has 1 aliphatic carbocycles. The van der Waals surface area contributed by atoms with Crippen LogP contribution in [0, 0.1) is 5.92 Å². The van der Waals surface area contributed by atoms with Gasteiger partial charge in [0.1, 0.15) is 11.4 Å². The molecule has 2 aliphatic rings. The molecule has 3 N–H and O–H groups in total. The first-order chi connectivity index (χ1) is 11.0. The molecule has 0 atom stereocenters. The van der Waals surface area contributed by atoms with E-state index in [-0.39, 0.29) is 0 Å². The van der Waals surface area contributed by atoms with Crippen molar-refractivity contribution in [2.45, 2.75) is 18.4 Å². The van der Waals surface area contributed by atoms with E-state index in [4.69, 9.17) is 15.2 Å². The second kappa shape index (κ2) is 4.86. The molecule has 2 aromatic rings. The van der Waals surface area contributed by atoms with E-state index < -0.39 is 5.60 Å². The molecule has 1 aromatic heterocycles. The number of nitrogens with two attached hydrogens (primary N) is 1. The van der Waals surface area contributed by atoms with Gasteiger partial charge in [0, 0.05) is 11.5 Å². The predicted molar refractivity (Wildman–Crippen MR) is 86.9 cm³/mol. The Balaban J connectivity index is 1.69. The van der Waals surface area contributed by atoms with Crippen LogP contribution in [0.5, 0.6) is 11.5 Å². The third-order valence-electron chi connectivity index (χ3n) is 4.77. The number of β-amino-alcohol motifs (C(OH)–C–C–N with tert-alkyl or cyclic N) is 1. The van der Waals surface area contributed by atoms with E-state index in [2.05, 4.69) is 9.97 Å². The first-order valence-corrected chi connectivity index (χ1v) is 7.70. The number of ether oxygens (including phenoxy) is 2. The minimum absolute atomic E-state index is 0.396. The number of fused-ring (bicyclic) bond motifs is 1. The Morgan fingerprint density at radius 3 is 2.43 bits per heavy atom. The number of hydrogen-bond donors (Lipinski definition) is 2. The predicted octanol–water partition coefficient (Wildman–Crippen LogP) is 1.19. The maximum absolute atomic E-state index is 10.4. The molecule has 23 heavy (non-hydrogen) atoms. The van der Waals surface area contributed by atoms with Crippen LogP contribution in [0.4, 0.5) is 11.8 Å². The van der Waals surface area contributed by atoms with Gasteiger partial charge >= 0.3 is 0 Å².